The first-order chi connectivity index (χ1) is 9.83. The van der Waals surface area contributed by atoms with Crippen LogP contribution in [0.2, 0.25) is 0 Å². The normalized spacial score (nSPS) is 21.6. The maximum absolute atomic E-state index is 4.30. The first-order valence-corrected chi connectivity index (χ1v) is 8.22. The van der Waals surface area contributed by atoms with Gasteiger partial charge in [0.05, 0.1) is 0 Å². The van der Waals surface area contributed by atoms with Crippen molar-refractivity contribution in [2.75, 3.05) is 24.5 Å². The molecule has 20 heavy (non-hydrogen) atoms. The minimum Gasteiger partial charge on any atom is -0.371 e. The summed E-state index contributed by atoms with van der Waals surface area (Å²) in [5, 5.41) is 3.43. The van der Waals surface area contributed by atoms with Crippen LogP contribution in [-0.2, 0) is 6.54 Å². The van der Waals surface area contributed by atoms with E-state index in [1.54, 1.807) is 0 Å². The summed E-state index contributed by atoms with van der Waals surface area (Å²) < 4.78 is 0. The Morgan fingerprint density at radius 3 is 2.65 bits per heavy atom. The lowest BCUT2D eigenvalue weighted by molar-refractivity contribution is 0.226. The molecule has 1 saturated carbocycles. The number of hydrogen-bond acceptors (Lipinski definition) is 3. The van der Waals surface area contributed by atoms with E-state index in [9.17, 15) is 0 Å². The summed E-state index contributed by atoms with van der Waals surface area (Å²) in [7, 11) is 0. The van der Waals surface area contributed by atoms with Gasteiger partial charge in [-0.3, -0.25) is 4.98 Å². The van der Waals surface area contributed by atoms with E-state index in [1.807, 2.05) is 12.4 Å². The molecule has 0 bridgehead atoms. The molecule has 2 fully saturated rings. The van der Waals surface area contributed by atoms with Gasteiger partial charge in [-0.1, -0.05) is 19.8 Å². The van der Waals surface area contributed by atoms with Crippen molar-refractivity contribution in [1.29, 1.82) is 0 Å². The predicted molar refractivity (Wildman–Crippen MR) is 84.0 cm³/mol. The summed E-state index contributed by atoms with van der Waals surface area (Å²) >= 11 is 0. The Morgan fingerprint density at radius 1 is 1.20 bits per heavy atom. The molecule has 1 aromatic heterocycles. The number of piperidine rings is 1. The van der Waals surface area contributed by atoms with Crippen molar-refractivity contribution < 1.29 is 0 Å². The number of rotatable bonds is 4. The lowest BCUT2D eigenvalue weighted by Crippen LogP contribution is -2.39. The van der Waals surface area contributed by atoms with Gasteiger partial charge in [-0.25, -0.2) is 0 Å². The summed E-state index contributed by atoms with van der Waals surface area (Å²) in [6.07, 6.45) is 12.6. The quantitative estimate of drug-likeness (QED) is 0.912. The molecule has 1 aliphatic heterocycles. The van der Waals surface area contributed by atoms with Gasteiger partial charge in [-0.2, -0.15) is 0 Å². The average molecular weight is 273 g/mol. The Morgan fingerprint density at radius 2 is 1.95 bits per heavy atom. The Balaban J connectivity index is 1.68. The van der Waals surface area contributed by atoms with Crippen LogP contribution in [0.4, 0.5) is 5.69 Å². The van der Waals surface area contributed by atoms with Gasteiger partial charge in [0.2, 0.25) is 0 Å². The number of aromatic nitrogens is 1. The van der Waals surface area contributed by atoms with E-state index >= 15 is 0 Å². The zero-order valence-corrected chi connectivity index (χ0v) is 12.7. The maximum atomic E-state index is 4.30. The molecule has 0 radical (unpaired) electrons. The van der Waals surface area contributed by atoms with Crippen molar-refractivity contribution in [3.8, 4) is 0 Å². The number of hydrogen-bond donors (Lipinski definition) is 1. The van der Waals surface area contributed by atoms with E-state index in [2.05, 4.69) is 28.2 Å². The van der Waals surface area contributed by atoms with Gasteiger partial charge in [-0.05, 0) is 43.7 Å². The molecule has 1 aliphatic carbocycles. The largest absolute Gasteiger partial charge is 0.371 e. The third-order valence-electron chi connectivity index (χ3n) is 5.27. The molecule has 0 amide bonds. The minimum absolute atomic E-state index is 0.700. The first kappa shape index (κ1) is 13.9. The van der Waals surface area contributed by atoms with Crippen molar-refractivity contribution in [2.45, 2.75) is 52.0 Å². The van der Waals surface area contributed by atoms with Crippen LogP contribution in [0, 0.1) is 5.41 Å². The second-order valence-corrected chi connectivity index (χ2v) is 6.48. The van der Waals surface area contributed by atoms with Crippen molar-refractivity contribution in [3.05, 3.63) is 24.0 Å². The van der Waals surface area contributed by atoms with E-state index in [0.29, 0.717) is 5.41 Å². The fourth-order valence-corrected chi connectivity index (χ4v) is 3.97. The summed E-state index contributed by atoms with van der Waals surface area (Å²) in [5.74, 6) is 0. The van der Waals surface area contributed by atoms with Gasteiger partial charge in [0.15, 0.2) is 0 Å². The molecule has 3 heteroatoms. The van der Waals surface area contributed by atoms with Crippen LogP contribution in [0.3, 0.4) is 0 Å². The molecule has 1 N–H and O–H groups in total. The van der Waals surface area contributed by atoms with E-state index in [0.717, 1.165) is 13.1 Å². The molecule has 0 aromatic carbocycles. The molecule has 2 aliphatic rings. The van der Waals surface area contributed by atoms with Crippen LogP contribution in [0.15, 0.2) is 18.5 Å². The summed E-state index contributed by atoms with van der Waals surface area (Å²) in [6, 6.07) is 2.19. The highest BCUT2D eigenvalue weighted by Gasteiger charge is 2.37. The second-order valence-electron chi connectivity index (χ2n) is 6.48. The molecular formula is C17H27N3. The Bertz CT molecular complexity index is 428. The predicted octanol–water partition coefficient (Wildman–Crippen LogP) is 3.35. The maximum Gasteiger partial charge on any atom is 0.0442 e. The Labute approximate surface area is 122 Å². The summed E-state index contributed by atoms with van der Waals surface area (Å²) in [6.45, 7) is 6.55. The topological polar surface area (TPSA) is 28.2 Å². The third-order valence-corrected chi connectivity index (χ3v) is 5.27. The van der Waals surface area contributed by atoms with Crippen LogP contribution in [0.25, 0.3) is 0 Å². The van der Waals surface area contributed by atoms with Gasteiger partial charge in [-0.15, -0.1) is 0 Å². The van der Waals surface area contributed by atoms with Crippen LogP contribution in [0.1, 0.15) is 51.0 Å². The van der Waals surface area contributed by atoms with Crippen molar-refractivity contribution in [3.63, 3.8) is 0 Å². The van der Waals surface area contributed by atoms with Crippen LogP contribution in [0.5, 0.6) is 0 Å². The number of pyridine rings is 1. The number of nitrogens with zero attached hydrogens (tertiary/aromatic N) is 2. The first-order valence-electron chi connectivity index (χ1n) is 8.22. The lowest BCUT2D eigenvalue weighted by atomic mass is 9.77. The van der Waals surface area contributed by atoms with Crippen LogP contribution < -0.4 is 10.2 Å². The highest BCUT2D eigenvalue weighted by atomic mass is 15.1. The number of anilines is 1. The van der Waals surface area contributed by atoms with Gasteiger partial charge in [0, 0.05) is 43.3 Å². The second kappa shape index (κ2) is 6.13. The lowest BCUT2D eigenvalue weighted by Gasteiger charge is -2.41. The summed E-state index contributed by atoms with van der Waals surface area (Å²) in [4.78, 5) is 6.88. The van der Waals surface area contributed by atoms with Gasteiger partial charge in [0.1, 0.15) is 0 Å². The van der Waals surface area contributed by atoms with E-state index in [4.69, 9.17) is 0 Å². The van der Waals surface area contributed by atoms with Crippen molar-refractivity contribution >= 4 is 5.69 Å². The SMILES string of the molecule is CCNCc1cnccc1N1CCC2(CCCC2)CC1. The third kappa shape index (κ3) is 2.83. The van der Waals surface area contributed by atoms with Gasteiger partial charge < -0.3 is 10.2 Å². The highest BCUT2D eigenvalue weighted by Crippen LogP contribution is 2.46. The highest BCUT2D eigenvalue weighted by molar-refractivity contribution is 5.52. The molecule has 2 heterocycles. The molecule has 0 unspecified atom stereocenters. The molecular weight excluding hydrogens is 246 g/mol. The summed E-state index contributed by atoms with van der Waals surface area (Å²) in [5.41, 5.74) is 3.44. The van der Waals surface area contributed by atoms with Gasteiger partial charge >= 0.3 is 0 Å². The average Bonchev–Trinajstić information content (AvgIpc) is 2.95. The van der Waals surface area contributed by atoms with Crippen molar-refractivity contribution in [1.82, 2.24) is 10.3 Å². The molecule has 1 spiro atoms. The standard InChI is InChI=1S/C17H27N3/c1-2-18-13-15-14-19-10-5-16(15)20-11-8-17(9-12-20)6-3-4-7-17/h5,10,14,18H,2-4,6-9,11-13H2,1H3. The van der Waals surface area contributed by atoms with E-state index < -0.39 is 0 Å². The van der Waals surface area contributed by atoms with E-state index in [1.165, 1.54) is 62.9 Å². The molecule has 1 aromatic rings. The zero-order valence-electron chi connectivity index (χ0n) is 12.7. The van der Waals surface area contributed by atoms with Crippen LogP contribution in [-0.4, -0.2) is 24.6 Å². The molecule has 3 nitrogen and oxygen atoms in total. The zero-order chi connectivity index (χ0) is 13.8. The molecule has 110 valence electrons. The fourth-order valence-electron chi connectivity index (χ4n) is 3.97. The molecule has 1 saturated heterocycles. The molecule has 0 atom stereocenters. The minimum atomic E-state index is 0.700. The molecule has 3 rings (SSSR count). The van der Waals surface area contributed by atoms with Crippen LogP contribution >= 0.6 is 0 Å². The monoisotopic (exact) mass is 273 g/mol. The van der Waals surface area contributed by atoms with Crippen molar-refractivity contribution in [2.24, 2.45) is 5.41 Å². The van der Waals surface area contributed by atoms with E-state index in [-0.39, 0.29) is 0 Å². The Hall–Kier alpha value is -1.09. The smallest absolute Gasteiger partial charge is 0.0442 e. The fraction of sp³-hybridized carbons (Fsp3) is 0.706. The number of nitrogens with one attached hydrogen (secondary N) is 1. The van der Waals surface area contributed by atoms with Gasteiger partial charge in [0.25, 0.3) is 0 Å². The Kier molecular flexibility index (Phi) is 4.25.